The molecule has 1 aromatic carbocycles. The number of urea groups is 1. The number of nitrogens with zero attached hydrogens (tertiary/aromatic N) is 1. The third-order valence-corrected chi connectivity index (χ3v) is 2.28. The van der Waals surface area contributed by atoms with Gasteiger partial charge in [-0.1, -0.05) is 0 Å². The third-order valence-electron chi connectivity index (χ3n) is 2.28. The van der Waals surface area contributed by atoms with E-state index in [1.807, 2.05) is 0 Å². The maximum Gasteiger partial charge on any atom is 0.322 e. The van der Waals surface area contributed by atoms with Gasteiger partial charge in [0.05, 0.1) is 0 Å². The first kappa shape index (κ1) is 13.7. The van der Waals surface area contributed by atoms with E-state index in [1.54, 1.807) is 24.3 Å². The van der Waals surface area contributed by atoms with Crippen LogP contribution in [-0.2, 0) is 4.79 Å². The molecule has 0 aliphatic rings. The molecule has 1 aromatic rings. The van der Waals surface area contributed by atoms with E-state index in [2.05, 4.69) is 5.32 Å². The Morgan fingerprint density at radius 3 is 2.22 bits per heavy atom. The molecule has 3 amide bonds. The lowest BCUT2D eigenvalue weighted by Crippen LogP contribution is -2.38. The molecule has 0 aromatic heterocycles. The van der Waals surface area contributed by atoms with E-state index >= 15 is 0 Å². The van der Waals surface area contributed by atoms with Crippen molar-refractivity contribution >= 4 is 23.4 Å². The Balaban J connectivity index is 2.64. The summed E-state index contributed by atoms with van der Waals surface area (Å²) < 4.78 is 0. The zero-order valence-corrected chi connectivity index (χ0v) is 10.3. The monoisotopic (exact) mass is 249 g/mol. The summed E-state index contributed by atoms with van der Waals surface area (Å²) in [5.41, 5.74) is 6.09. The fraction of sp³-hybridized carbons (Fsp3) is 0.250. The van der Waals surface area contributed by atoms with Crippen LogP contribution >= 0.6 is 0 Å². The van der Waals surface area contributed by atoms with Gasteiger partial charge < -0.3 is 16.0 Å². The van der Waals surface area contributed by atoms with Crippen LogP contribution in [-0.4, -0.2) is 36.2 Å². The molecular formula is C12H15N3O3. The molecule has 1 rings (SSSR count). The van der Waals surface area contributed by atoms with Crippen molar-refractivity contribution in [1.29, 1.82) is 0 Å². The summed E-state index contributed by atoms with van der Waals surface area (Å²) in [5.74, 6) is -0.627. The highest BCUT2D eigenvalue weighted by Gasteiger charge is 2.10. The molecule has 0 spiro atoms. The van der Waals surface area contributed by atoms with Gasteiger partial charge in [0.1, 0.15) is 6.54 Å². The normalized spacial score (nSPS) is 9.67. The van der Waals surface area contributed by atoms with E-state index in [9.17, 15) is 14.4 Å². The van der Waals surface area contributed by atoms with Crippen LogP contribution in [0.3, 0.4) is 0 Å². The van der Waals surface area contributed by atoms with Crippen molar-refractivity contribution < 1.29 is 14.4 Å². The molecule has 0 radical (unpaired) electrons. The summed E-state index contributed by atoms with van der Waals surface area (Å²) in [6.07, 6.45) is 0. The SMILES string of the molecule is CC(=O)c1ccc(NC(=O)N(C)CC(N)=O)cc1. The molecule has 0 aliphatic heterocycles. The van der Waals surface area contributed by atoms with Crippen LogP contribution in [0.2, 0.25) is 0 Å². The number of nitrogens with one attached hydrogen (secondary N) is 1. The van der Waals surface area contributed by atoms with E-state index in [0.29, 0.717) is 11.3 Å². The van der Waals surface area contributed by atoms with E-state index in [4.69, 9.17) is 5.73 Å². The maximum atomic E-state index is 11.6. The number of anilines is 1. The van der Waals surface area contributed by atoms with Crippen molar-refractivity contribution in [2.45, 2.75) is 6.92 Å². The molecule has 0 aliphatic carbocycles. The quantitative estimate of drug-likeness (QED) is 0.774. The lowest BCUT2D eigenvalue weighted by Gasteiger charge is -2.16. The summed E-state index contributed by atoms with van der Waals surface area (Å²) in [7, 11) is 1.46. The summed E-state index contributed by atoms with van der Waals surface area (Å²) >= 11 is 0. The van der Waals surface area contributed by atoms with Crippen molar-refractivity contribution in [2.75, 3.05) is 18.9 Å². The molecule has 96 valence electrons. The molecule has 0 saturated carbocycles. The zero-order chi connectivity index (χ0) is 13.7. The first-order valence-electron chi connectivity index (χ1n) is 5.31. The van der Waals surface area contributed by atoms with Gasteiger partial charge in [-0.3, -0.25) is 9.59 Å². The summed E-state index contributed by atoms with van der Waals surface area (Å²) in [6, 6.07) is 6.03. The van der Waals surface area contributed by atoms with Gasteiger partial charge in [0.25, 0.3) is 0 Å². The van der Waals surface area contributed by atoms with Crippen LogP contribution in [0.25, 0.3) is 0 Å². The number of ketones is 1. The van der Waals surface area contributed by atoms with Crippen molar-refractivity contribution in [1.82, 2.24) is 4.90 Å². The molecule has 3 N–H and O–H groups in total. The van der Waals surface area contributed by atoms with Crippen LogP contribution in [0.15, 0.2) is 24.3 Å². The molecule has 0 heterocycles. The number of likely N-dealkylation sites (N-methyl/N-ethyl adjacent to an activating group) is 1. The highest BCUT2D eigenvalue weighted by Crippen LogP contribution is 2.10. The van der Waals surface area contributed by atoms with Gasteiger partial charge in [-0.15, -0.1) is 0 Å². The minimum Gasteiger partial charge on any atom is -0.368 e. The number of carbonyl (C=O) groups excluding carboxylic acids is 3. The van der Waals surface area contributed by atoms with E-state index in [1.165, 1.54) is 18.9 Å². The Morgan fingerprint density at radius 1 is 1.22 bits per heavy atom. The average Bonchev–Trinajstić information content (AvgIpc) is 2.28. The predicted octanol–water partition coefficient (Wildman–Crippen LogP) is 0.838. The fourth-order valence-corrected chi connectivity index (χ4v) is 1.31. The van der Waals surface area contributed by atoms with E-state index < -0.39 is 11.9 Å². The molecule has 0 saturated heterocycles. The number of hydrogen-bond acceptors (Lipinski definition) is 3. The smallest absolute Gasteiger partial charge is 0.322 e. The first-order chi connectivity index (χ1) is 8.40. The summed E-state index contributed by atoms with van der Waals surface area (Å²) in [5, 5.41) is 2.58. The molecule has 6 nitrogen and oxygen atoms in total. The number of Topliss-reactive ketones (excluding diaryl/α,β-unsaturated/α-hetero) is 1. The molecule has 0 atom stereocenters. The van der Waals surface area contributed by atoms with Gasteiger partial charge in [0.15, 0.2) is 5.78 Å². The number of hydrogen-bond donors (Lipinski definition) is 2. The topological polar surface area (TPSA) is 92.5 Å². The van der Waals surface area contributed by atoms with Gasteiger partial charge in [0, 0.05) is 18.3 Å². The van der Waals surface area contributed by atoms with Gasteiger partial charge in [-0.25, -0.2) is 4.79 Å². The Labute approximate surface area is 105 Å². The minimum absolute atomic E-state index is 0.0428. The summed E-state index contributed by atoms with van der Waals surface area (Å²) in [4.78, 5) is 34.5. The van der Waals surface area contributed by atoms with E-state index in [-0.39, 0.29) is 12.3 Å². The second-order valence-corrected chi connectivity index (χ2v) is 3.89. The van der Waals surface area contributed by atoms with Crippen molar-refractivity contribution in [3.63, 3.8) is 0 Å². The Bertz CT molecular complexity index is 468. The predicted molar refractivity (Wildman–Crippen MR) is 67.3 cm³/mol. The van der Waals surface area contributed by atoms with Gasteiger partial charge in [-0.05, 0) is 31.2 Å². The van der Waals surface area contributed by atoms with Crippen LogP contribution in [0.4, 0.5) is 10.5 Å². The highest BCUT2D eigenvalue weighted by atomic mass is 16.2. The molecule has 0 fully saturated rings. The van der Waals surface area contributed by atoms with Crippen molar-refractivity contribution in [3.05, 3.63) is 29.8 Å². The number of rotatable bonds is 4. The molecular weight excluding hydrogens is 234 g/mol. The fourth-order valence-electron chi connectivity index (χ4n) is 1.31. The van der Waals surface area contributed by atoms with Crippen LogP contribution < -0.4 is 11.1 Å². The number of primary amides is 1. The second-order valence-electron chi connectivity index (χ2n) is 3.89. The van der Waals surface area contributed by atoms with Gasteiger partial charge in [0.2, 0.25) is 5.91 Å². The maximum absolute atomic E-state index is 11.6. The highest BCUT2D eigenvalue weighted by molar-refractivity contribution is 5.95. The lowest BCUT2D eigenvalue weighted by atomic mass is 10.1. The third kappa shape index (κ3) is 3.89. The summed E-state index contributed by atoms with van der Waals surface area (Å²) in [6.45, 7) is 1.31. The lowest BCUT2D eigenvalue weighted by molar-refractivity contribution is -0.118. The van der Waals surface area contributed by atoms with E-state index in [0.717, 1.165) is 0 Å². The number of carbonyl (C=O) groups is 3. The molecule has 6 heteroatoms. The average molecular weight is 249 g/mol. The molecule has 0 bridgehead atoms. The molecule has 18 heavy (non-hydrogen) atoms. The largest absolute Gasteiger partial charge is 0.368 e. The number of nitrogens with two attached hydrogens (primary N) is 1. The Hall–Kier alpha value is -2.37. The number of benzene rings is 1. The number of amides is 3. The van der Waals surface area contributed by atoms with Gasteiger partial charge in [-0.2, -0.15) is 0 Å². The van der Waals surface area contributed by atoms with Crippen LogP contribution in [0.1, 0.15) is 17.3 Å². The van der Waals surface area contributed by atoms with Crippen molar-refractivity contribution in [2.24, 2.45) is 5.73 Å². The van der Waals surface area contributed by atoms with Crippen molar-refractivity contribution in [3.8, 4) is 0 Å². The zero-order valence-electron chi connectivity index (χ0n) is 10.3. The first-order valence-corrected chi connectivity index (χ1v) is 5.31. The molecule has 0 unspecified atom stereocenters. The Kier molecular flexibility index (Phi) is 4.42. The van der Waals surface area contributed by atoms with Crippen LogP contribution in [0.5, 0.6) is 0 Å². The van der Waals surface area contributed by atoms with Gasteiger partial charge >= 0.3 is 6.03 Å². The standard InChI is InChI=1S/C12H15N3O3/c1-8(16)9-3-5-10(6-4-9)14-12(18)15(2)7-11(13)17/h3-6H,7H2,1-2H3,(H2,13,17)(H,14,18). The second kappa shape index (κ2) is 5.81. The Morgan fingerprint density at radius 2 is 1.78 bits per heavy atom. The van der Waals surface area contributed by atoms with Crippen LogP contribution in [0, 0.1) is 0 Å². The minimum atomic E-state index is -0.584.